The molecule has 1 amide bonds. The first-order chi connectivity index (χ1) is 14.3. The molecule has 160 valence electrons. The van der Waals surface area contributed by atoms with Gasteiger partial charge in [0.05, 0.1) is 6.42 Å². The summed E-state index contributed by atoms with van der Waals surface area (Å²) in [7, 11) is 0. The first kappa shape index (κ1) is 21.7. The molecule has 30 heavy (non-hydrogen) atoms. The quantitative estimate of drug-likeness (QED) is 0.637. The molecule has 1 N–H and O–H groups in total. The SMILES string of the molecule is CC(C)c1cc(CNC(=O)c2ccnc(CC(=O)C3CC3)n2)cnc1OCC(F)F. The number of halogens is 2. The Morgan fingerprint density at radius 3 is 2.70 bits per heavy atom. The van der Waals surface area contributed by atoms with Gasteiger partial charge in [0.15, 0.2) is 6.61 Å². The zero-order valence-corrected chi connectivity index (χ0v) is 16.9. The van der Waals surface area contributed by atoms with Crippen molar-refractivity contribution < 1.29 is 23.1 Å². The predicted octanol–water partition coefficient (Wildman–Crippen LogP) is 3.09. The van der Waals surface area contributed by atoms with Crippen LogP contribution in [0.5, 0.6) is 5.88 Å². The van der Waals surface area contributed by atoms with E-state index in [4.69, 9.17) is 4.74 Å². The number of rotatable bonds is 10. The number of carbonyl (C=O) groups excluding carboxylic acids is 2. The van der Waals surface area contributed by atoms with Gasteiger partial charge in [-0.05, 0) is 36.5 Å². The minimum absolute atomic E-state index is 0.00857. The molecule has 9 heteroatoms. The lowest BCUT2D eigenvalue weighted by Gasteiger charge is -2.14. The Morgan fingerprint density at radius 1 is 1.27 bits per heavy atom. The maximum Gasteiger partial charge on any atom is 0.272 e. The van der Waals surface area contributed by atoms with Crippen molar-refractivity contribution in [3.8, 4) is 5.88 Å². The summed E-state index contributed by atoms with van der Waals surface area (Å²) in [5.74, 6) is 0.330. The average molecular weight is 418 g/mol. The van der Waals surface area contributed by atoms with Crippen LogP contribution in [-0.4, -0.2) is 39.7 Å². The van der Waals surface area contributed by atoms with Crippen LogP contribution in [0.1, 0.15) is 60.0 Å². The lowest BCUT2D eigenvalue weighted by Crippen LogP contribution is -2.25. The van der Waals surface area contributed by atoms with Gasteiger partial charge in [-0.25, -0.2) is 23.7 Å². The van der Waals surface area contributed by atoms with E-state index in [9.17, 15) is 18.4 Å². The Bertz CT molecular complexity index is 917. The van der Waals surface area contributed by atoms with Crippen molar-refractivity contribution in [1.82, 2.24) is 20.3 Å². The average Bonchev–Trinajstić information content (AvgIpc) is 3.56. The number of amides is 1. The van der Waals surface area contributed by atoms with Crippen LogP contribution >= 0.6 is 0 Å². The van der Waals surface area contributed by atoms with Crippen LogP contribution < -0.4 is 10.1 Å². The molecule has 2 aromatic heterocycles. The Balaban J connectivity index is 1.62. The van der Waals surface area contributed by atoms with Crippen LogP contribution in [0.3, 0.4) is 0 Å². The summed E-state index contributed by atoms with van der Waals surface area (Å²) in [6, 6.07) is 3.26. The topological polar surface area (TPSA) is 94.1 Å². The molecule has 0 aliphatic heterocycles. The van der Waals surface area contributed by atoms with Crippen molar-refractivity contribution in [2.24, 2.45) is 5.92 Å². The van der Waals surface area contributed by atoms with Gasteiger partial charge < -0.3 is 10.1 Å². The third-order valence-electron chi connectivity index (χ3n) is 4.66. The molecule has 2 aromatic rings. The second kappa shape index (κ2) is 9.69. The van der Waals surface area contributed by atoms with Crippen LogP contribution in [0, 0.1) is 5.92 Å². The van der Waals surface area contributed by atoms with Gasteiger partial charge in [-0.15, -0.1) is 0 Å². The highest BCUT2D eigenvalue weighted by atomic mass is 19.3. The van der Waals surface area contributed by atoms with Crippen LogP contribution in [-0.2, 0) is 17.8 Å². The van der Waals surface area contributed by atoms with Crippen molar-refractivity contribution in [1.29, 1.82) is 0 Å². The van der Waals surface area contributed by atoms with Gasteiger partial charge >= 0.3 is 0 Å². The molecule has 1 aliphatic rings. The molecule has 0 atom stereocenters. The summed E-state index contributed by atoms with van der Waals surface area (Å²) in [5, 5.41) is 2.75. The van der Waals surface area contributed by atoms with Gasteiger partial charge in [0, 0.05) is 30.4 Å². The minimum Gasteiger partial charge on any atom is -0.471 e. The zero-order valence-electron chi connectivity index (χ0n) is 16.9. The largest absolute Gasteiger partial charge is 0.471 e. The number of nitrogens with one attached hydrogen (secondary N) is 1. The van der Waals surface area contributed by atoms with E-state index in [2.05, 4.69) is 20.3 Å². The van der Waals surface area contributed by atoms with E-state index in [0.29, 0.717) is 17.0 Å². The first-order valence-electron chi connectivity index (χ1n) is 9.86. The highest BCUT2D eigenvalue weighted by Gasteiger charge is 2.29. The Kier molecular flexibility index (Phi) is 7.02. The number of carbonyl (C=O) groups is 2. The van der Waals surface area contributed by atoms with Gasteiger partial charge in [0.25, 0.3) is 12.3 Å². The third kappa shape index (κ3) is 6.01. The number of ether oxygens (including phenoxy) is 1. The molecule has 2 heterocycles. The van der Waals surface area contributed by atoms with Crippen molar-refractivity contribution in [3.05, 3.63) is 47.2 Å². The number of ketones is 1. The van der Waals surface area contributed by atoms with E-state index in [1.54, 1.807) is 6.07 Å². The third-order valence-corrected chi connectivity index (χ3v) is 4.66. The van der Waals surface area contributed by atoms with Crippen molar-refractivity contribution in [2.75, 3.05) is 6.61 Å². The second-order valence-corrected chi connectivity index (χ2v) is 7.55. The summed E-state index contributed by atoms with van der Waals surface area (Å²) in [6.07, 6.45) is 2.32. The Morgan fingerprint density at radius 2 is 2.03 bits per heavy atom. The molecule has 7 nitrogen and oxygen atoms in total. The maximum atomic E-state index is 12.5. The van der Waals surface area contributed by atoms with E-state index in [1.807, 2.05) is 13.8 Å². The van der Waals surface area contributed by atoms with Crippen LogP contribution in [0.25, 0.3) is 0 Å². The molecule has 0 aromatic carbocycles. The number of alkyl halides is 2. The summed E-state index contributed by atoms with van der Waals surface area (Å²) in [6.45, 7) is 3.27. The summed E-state index contributed by atoms with van der Waals surface area (Å²) in [5.41, 5.74) is 1.57. The smallest absolute Gasteiger partial charge is 0.272 e. The Hall–Kier alpha value is -2.97. The maximum absolute atomic E-state index is 12.5. The number of hydrogen-bond donors (Lipinski definition) is 1. The van der Waals surface area contributed by atoms with Gasteiger partial charge in [-0.3, -0.25) is 9.59 Å². The molecule has 0 unspecified atom stereocenters. The summed E-state index contributed by atoms with van der Waals surface area (Å²) in [4.78, 5) is 36.8. The fourth-order valence-corrected chi connectivity index (χ4v) is 2.88. The molecule has 0 saturated heterocycles. The fraction of sp³-hybridized carbons (Fsp3) is 0.476. The monoisotopic (exact) mass is 418 g/mol. The van der Waals surface area contributed by atoms with E-state index >= 15 is 0 Å². The number of nitrogens with zero attached hydrogens (tertiary/aromatic N) is 3. The highest BCUT2D eigenvalue weighted by molar-refractivity contribution is 5.92. The van der Waals surface area contributed by atoms with E-state index in [1.165, 1.54) is 18.5 Å². The number of Topliss-reactive ketones (excluding diaryl/α,β-unsaturated/α-hetero) is 1. The van der Waals surface area contributed by atoms with Crippen LogP contribution in [0.15, 0.2) is 24.5 Å². The molecule has 0 radical (unpaired) electrons. The number of pyridine rings is 1. The summed E-state index contributed by atoms with van der Waals surface area (Å²) >= 11 is 0. The van der Waals surface area contributed by atoms with Crippen molar-refractivity contribution >= 4 is 11.7 Å². The second-order valence-electron chi connectivity index (χ2n) is 7.55. The van der Waals surface area contributed by atoms with Gasteiger partial charge in [0.2, 0.25) is 5.88 Å². The molecule has 1 fully saturated rings. The number of hydrogen-bond acceptors (Lipinski definition) is 6. The standard InChI is InChI=1S/C21H24F2N4O3/c1-12(2)15-7-13(10-26-21(15)30-11-18(22)23)9-25-20(29)16-5-6-24-19(27-16)8-17(28)14-3-4-14/h5-7,10,12,14,18H,3-4,8-9,11H2,1-2H3,(H,25,29). The van der Waals surface area contributed by atoms with Gasteiger partial charge in [0.1, 0.15) is 17.3 Å². The van der Waals surface area contributed by atoms with Gasteiger partial charge in [-0.1, -0.05) is 13.8 Å². The molecule has 3 rings (SSSR count). The zero-order chi connectivity index (χ0) is 21.7. The van der Waals surface area contributed by atoms with Crippen molar-refractivity contribution in [2.45, 2.75) is 52.0 Å². The van der Waals surface area contributed by atoms with E-state index < -0.39 is 18.9 Å². The highest BCUT2D eigenvalue weighted by Crippen LogP contribution is 2.30. The molecule has 1 aliphatic carbocycles. The summed E-state index contributed by atoms with van der Waals surface area (Å²) < 4.78 is 29.9. The lowest BCUT2D eigenvalue weighted by molar-refractivity contribution is -0.119. The lowest BCUT2D eigenvalue weighted by atomic mass is 10.0. The molecule has 0 spiro atoms. The normalized spacial score (nSPS) is 13.5. The fourth-order valence-electron chi connectivity index (χ4n) is 2.88. The molecule has 1 saturated carbocycles. The van der Waals surface area contributed by atoms with E-state index in [0.717, 1.165) is 12.8 Å². The molecular weight excluding hydrogens is 394 g/mol. The molecule has 0 bridgehead atoms. The van der Waals surface area contributed by atoms with Crippen LogP contribution in [0.2, 0.25) is 0 Å². The molecular formula is C21H24F2N4O3. The van der Waals surface area contributed by atoms with Gasteiger partial charge in [-0.2, -0.15) is 0 Å². The Labute approximate surface area is 173 Å². The number of aromatic nitrogens is 3. The van der Waals surface area contributed by atoms with Crippen molar-refractivity contribution in [3.63, 3.8) is 0 Å². The predicted molar refractivity (Wildman–Crippen MR) is 104 cm³/mol. The van der Waals surface area contributed by atoms with E-state index in [-0.39, 0.29) is 42.2 Å². The van der Waals surface area contributed by atoms with Crippen LogP contribution in [0.4, 0.5) is 8.78 Å². The minimum atomic E-state index is -2.58. The first-order valence-corrected chi connectivity index (χ1v) is 9.86.